The minimum atomic E-state index is -0.165. The minimum absolute atomic E-state index is 0.111. The minimum Gasteiger partial charge on any atom is -0.207 e. The molecule has 0 amide bonds. The molecule has 0 aromatic heterocycles. The van der Waals surface area contributed by atoms with Crippen molar-refractivity contribution in [2.45, 2.75) is 58.3 Å². The highest BCUT2D eigenvalue weighted by Crippen LogP contribution is 2.39. The largest absolute Gasteiger partial charge is 0.207 e. The topological polar surface area (TPSA) is 0 Å². The first-order chi connectivity index (χ1) is 8.88. The molecule has 0 aliphatic heterocycles. The van der Waals surface area contributed by atoms with Crippen molar-refractivity contribution >= 4 is 11.6 Å². The molecule has 0 radical (unpaired) electrons. The van der Waals surface area contributed by atoms with Crippen LogP contribution >= 0.6 is 11.6 Å². The maximum Gasteiger partial charge on any atom is 0.128 e. The van der Waals surface area contributed by atoms with Gasteiger partial charge in [0.25, 0.3) is 0 Å². The summed E-state index contributed by atoms with van der Waals surface area (Å²) in [5, 5.41) is 0.476. The summed E-state index contributed by atoms with van der Waals surface area (Å²) in [4.78, 5) is 0. The Morgan fingerprint density at radius 3 is 2.42 bits per heavy atom. The third kappa shape index (κ3) is 3.72. The Balaban J connectivity index is 2.09. The van der Waals surface area contributed by atoms with Crippen molar-refractivity contribution in [3.8, 4) is 0 Å². The Bertz CT molecular complexity index is 431. The molecule has 19 heavy (non-hydrogen) atoms. The van der Waals surface area contributed by atoms with Crippen molar-refractivity contribution in [2.24, 2.45) is 11.8 Å². The SMILES string of the molecule is CC1CCC(CC(C)(C)c2ccc(Cl)cc2F)CC1. The van der Waals surface area contributed by atoms with E-state index in [0.717, 1.165) is 23.8 Å². The molecule has 0 unspecified atom stereocenters. The van der Waals surface area contributed by atoms with Gasteiger partial charge in [-0.2, -0.15) is 0 Å². The molecule has 0 nitrogen and oxygen atoms in total. The highest BCUT2D eigenvalue weighted by atomic mass is 35.5. The van der Waals surface area contributed by atoms with E-state index in [9.17, 15) is 4.39 Å². The van der Waals surface area contributed by atoms with Crippen LogP contribution in [0.4, 0.5) is 4.39 Å². The third-order valence-corrected chi connectivity index (χ3v) is 4.83. The molecule has 0 saturated heterocycles. The molecule has 2 rings (SSSR count). The summed E-state index contributed by atoms with van der Waals surface area (Å²) in [5.74, 6) is 1.44. The van der Waals surface area contributed by atoms with Crippen LogP contribution in [0.2, 0.25) is 5.02 Å². The summed E-state index contributed by atoms with van der Waals surface area (Å²) in [6, 6.07) is 5.08. The molecule has 2 heteroatoms. The molecule has 0 atom stereocenters. The fraction of sp³-hybridized carbons (Fsp3) is 0.647. The van der Waals surface area contributed by atoms with Gasteiger partial charge in [-0.3, -0.25) is 0 Å². The molecule has 106 valence electrons. The van der Waals surface area contributed by atoms with Crippen molar-refractivity contribution < 1.29 is 4.39 Å². The second-order valence-corrected chi connectivity index (χ2v) is 7.27. The van der Waals surface area contributed by atoms with Crippen LogP contribution in [-0.2, 0) is 5.41 Å². The Morgan fingerprint density at radius 2 is 1.84 bits per heavy atom. The first kappa shape index (κ1) is 14.8. The zero-order valence-corrected chi connectivity index (χ0v) is 12.9. The summed E-state index contributed by atoms with van der Waals surface area (Å²) in [5.41, 5.74) is 0.690. The van der Waals surface area contributed by atoms with Gasteiger partial charge < -0.3 is 0 Å². The number of benzene rings is 1. The quantitative estimate of drug-likeness (QED) is 0.640. The average Bonchev–Trinajstić information content (AvgIpc) is 2.31. The molecule has 0 N–H and O–H groups in total. The molecule has 1 aromatic carbocycles. The third-order valence-electron chi connectivity index (χ3n) is 4.59. The van der Waals surface area contributed by atoms with E-state index < -0.39 is 0 Å². The van der Waals surface area contributed by atoms with Crippen molar-refractivity contribution in [3.05, 3.63) is 34.6 Å². The van der Waals surface area contributed by atoms with Gasteiger partial charge in [-0.05, 0) is 41.4 Å². The highest BCUT2D eigenvalue weighted by Gasteiger charge is 2.29. The van der Waals surface area contributed by atoms with E-state index >= 15 is 0 Å². The molecule has 1 fully saturated rings. The Kier molecular flexibility index (Phi) is 4.55. The summed E-state index contributed by atoms with van der Waals surface area (Å²) >= 11 is 5.83. The maximum absolute atomic E-state index is 14.1. The lowest BCUT2D eigenvalue weighted by atomic mass is 9.71. The summed E-state index contributed by atoms with van der Waals surface area (Å²) in [6.45, 7) is 6.63. The fourth-order valence-corrected chi connectivity index (χ4v) is 3.56. The molecule has 0 bridgehead atoms. The Labute approximate surface area is 121 Å². The number of hydrogen-bond acceptors (Lipinski definition) is 0. The monoisotopic (exact) mass is 282 g/mol. The standard InChI is InChI=1S/C17H24ClF/c1-12-4-6-13(7-5-12)11-17(2,3)15-9-8-14(18)10-16(15)19/h8-10,12-13H,4-7,11H2,1-3H3. The molecule has 1 aliphatic carbocycles. The normalized spacial score (nSPS) is 24.5. The van der Waals surface area contributed by atoms with Crippen LogP contribution in [0.15, 0.2) is 18.2 Å². The summed E-state index contributed by atoms with van der Waals surface area (Å²) in [7, 11) is 0. The fourth-order valence-electron chi connectivity index (χ4n) is 3.40. The van der Waals surface area contributed by atoms with Gasteiger partial charge >= 0.3 is 0 Å². The maximum atomic E-state index is 14.1. The number of halogens is 2. The van der Waals surface area contributed by atoms with Crippen LogP contribution in [0.3, 0.4) is 0 Å². The van der Waals surface area contributed by atoms with Gasteiger partial charge in [-0.1, -0.05) is 64.1 Å². The van der Waals surface area contributed by atoms with Crippen LogP contribution in [0.5, 0.6) is 0 Å². The molecule has 1 aliphatic rings. The van der Waals surface area contributed by atoms with E-state index in [1.165, 1.54) is 31.7 Å². The smallest absolute Gasteiger partial charge is 0.128 e. The molecule has 0 spiro atoms. The van der Waals surface area contributed by atoms with Crippen molar-refractivity contribution in [1.29, 1.82) is 0 Å². The zero-order valence-electron chi connectivity index (χ0n) is 12.2. The van der Waals surface area contributed by atoms with Gasteiger partial charge in [0, 0.05) is 5.02 Å². The Hall–Kier alpha value is -0.560. The van der Waals surface area contributed by atoms with Gasteiger partial charge in [-0.15, -0.1) is 0 Å². The molecular formula is C17H24ClF. The summed E-state index contributed by atoms with van der Waals surface area (Å²) < 4.78 is 14.1. The second-order valence-electron chi connectivity index (χ2n) is 6.84. The lowest BCUT2D eigenvalue weighted by Crippen LogP contribution is -2.25. The highest BCUT2D eigenvalue weighted by molar-refractivity contribution is 6.30. The van der Waals surface area contributed by atoms with Gasteiger partial charge in [0.1, 0.15) is 5.82 Å². The molecule has 1 aromatic rings. The van der Waals surface area contributed by atoms with E-state index in [2.05, 4.69) is 20.8 Å². The second kappa shape index (κ2) is 5.83. The number of hydrogen-bond donors (Lipinski definition) is 0. The van der Waals surface area contributed by atoms with Crippen LogP contribution in [0.25, 0.3) is 0 Å². The van der Waals surface area contributed by atoms with Gasteiger partial charge in [0.05, 0.1) is 0 Å². The van der Waals surface area contributed by atoms with Gasteiger partial charge in [0.2, 0.25) is 0 Å². The first-order valence-corrected chi connectivity index (χ1v) is 7.72. The molecule has 0 heterocycles. The van der Waals surface area contributed by atoms with Crippen LogP contribution in [0, 0.1) is 17.7 Å². The zero-order chi connectivity index (χ0) is 14.0. The van der Waals surface area contributed by atoms with E-state index in [4.69, 9.17) is 11.6 Å². The predicted octanol–water partition coefficient (Wildman–Crippen LogP) is 5.97. The van der Waals surface area contributed by atoms with E-state index in [0.29, 0.717) is 5.02 Å². The summed E-state index contributed by atoms with van der Waals surface area (Å²) in [6.07, 6.45) is 6.30. The predicted molar refractivity (Wildman–Crippen MR) is 80.2 cm³/mol. The van der Waals surface area contributed by atoms with Crippen LogP contribution in [-0.4, -0.2) is 0 Å². The first-order valence-electron chi connectivity index (χ1n) is 7.34. The average molecular weight is 283 g/mol. The van der Waals surface area contributed by atoms with Crippen LogP contribution in [0.1, 0.15) is 58.4 Å². The van der Waals surface area contributed by atoms with E-state index in [-0.39, 0.29) is 11.2 Å². The van der Waals surface area contributed by atoms with E-state index in [1.54, 1.807) is 6.07 Å². The Morgan fingerprint density at radius 1 is 1.21 bits per heavy atom. The van der Waals surface area contributed by atoms with Crippen molar-refractivity contribution in [1.82, 2.24) is 0 Å². The van der Waals surface area contributed by atoms with Gasteiger partial charge in [-0.25, -0.2) is 4.39 Å². The number of rotatable bonds is 3. The lowest BCUT2D eigenvalue weighted by Gasteiger charge is -2.34. The van der Waals surface area contributed by atoms with Gasteiger partial charge in [0.15, 0.2) is 0 Å². The van der Waals surface area contributed by atoms with E-state index in [1.807, 2.05) is 6.07 Å². The lowest BCUT2D eigenvalue weighted by molar-refractivity contribution is 0.238. The van der Waals surface area contributed by atoms with Crippen molar-refractivity contribution in [3.63, 3.8) is 0 Å². The molecule has 1 saturated carbocycles. The van der Waals surface area contributed by atoms with Crippen molar-refractivity contribution in [2.75, 3.05) is 0 Å². The molecular weight excluding hydrogens is 259 g/mol. The van der Waals surface area contributed by atoms with Crippen LogP contribution < -0.4 is 0 Å².